The molecule has 126 valence electrons. The van der Waals surface area contributed by atoms with Gasteiger partial charge < -0.3 is 9.80 Å². The molecule has 2 aliphatic heterocycles. The van der Waals surface area contributed by atoms with Crippen LogP contribution >= 0.6 is 11.3 Å². The predicted molar refractivity (Wildman–Crippen MR) is 95.0 cm³/mol. The van der Waals surface area contributed by atoms with Gasteiger partial charge >= 0.3 is 0 Å². The SMILES string of the molecule is Cc1sc2ccccc2c1CN1CCN2C(=O)CN(C)C(=O)C2C1. The lowest BCUT2D eigenvalue weighted by Gasteiger charge is -2.45. The number of rotatable bonds is 2. The van der Waals surface area contributed by atoms with Gasteiger partial charge in [0.15, 0.2) is 0 Å². The van der Waals surface area contributed by atoms with Crippen molar-refractivity contribution < 1.29 is 9.59 Å². The number of nitrogens with zero attached hydrogens (tertiary/aromatic N) is 3. The molecule has 1 atom stereocenters. The van der Waals surface area contributed by atoms with Crippen molar-refractivity contribution in [3.8, 4) is 0 Å². The fourth-order valence-corrected chi connectivity index (χ4v) is 4.84. The summed E-state index contributed by atoms with van der Waals surface area (Å²) in [6.45, 7) is 5.31. The van der Waals surface area contributed by atoms with E-state index in [2.05, 4.69) is 36.1 Å². The van der Waals surface area contributed by atoms with Crippen molar-refractivity contribution in [1.82, 2.24) is 14.7 Å². The van der Waals surface area contributed by atoms with Crippen LogP contribution in [0.4, 0.5) is 0 Å². The summed E-state index contributed by atoms with van der Waals surface area (Å²) in [5.41, 5.74) is 1.35. The predicted octanol–water partition coefficient (Wildman–Crippen LogP) is 1.69. The normalized spacial score (nSPS) is 22.3. The van der Waals surface area contributed by atoms with Gasteiger partial charge in [0.25, 0.3) is 0 Å². The van der Waals surface area contributed by atoms with E-state index >= 15 is 0 Å². The number of hydrogen-bond donors (Lipinski definition) is 0. The van der Waals surface area contributed by atoms with Crippen molar-refractivity contribution >= 4 is 33.2 Å². The molecule has 6 heteroatoms. The third-order valence-electron chi connectivity index (χ3n) is 5.10. The fraction of sp³-hybridized carbons (Fsp3) is 0.444. The van der Waals surface area contributed by atoms with Crippen LogP contribution < -0.4 is 0 Å². The maximum Gasteiger partial charge on any atom is 0.246 e. The van der Waals surface area contributed by atoms with Gasteiger partial charge in [-0.2, -0.15) is 0 Å². The third kappa shape index (κ3) is 2.50. The number of aryl methyl sites for hydroxylation is 1. The topological polar surface area (TPSA) is 43.9 Å². The largest absolute Gasteiger partial charge is 0.335 e. The molecule has 1 unspecified atom stereocenters. The molecule has 2 amide bonds. The average molecular weight is 343 g/mol. The summed E-state index contributed by atoms with van der Waals surface area (Å²) in [5, 5.41) is 1.31. The molecule has 0 spiro atoms. The second-order valence-electron chi connectivity index (χ2n) is 6.67. The number of thiophene rings is 1. The minimum Gasteiger partial charge on any atom is -0.335 e. The Labute approximate surface area is 145 Å². The molecule has 2 saturated heterocycles. The molecule has 5 nitrogen and oxygen atoms in total. The van der Waals surface area contributed by atoms with Crippen molar-refractivity contribution in [2.24, 2.45) is 0 Å². The van der Waals surface area contributed by atoms with Crippen molar-refractivity contribution in [3.63, 3.8) is 0 Å². The average Bonchev–Trinajstić information content (AvgIpc) is 2.88. The molecule has 2 aliphatic rings. The Bertz CT molecular complexity index is 816. The lowest BCUT2D eigenvalue weighted by atomic mass is 10.1. The lowest BCUT2D eigenvalue weighted by Crippen LogP contribution is -2.65. The Morgan fingerprint density at radius 3 is 2.83 bits per heavy atom. The molecular formula is C18H21N3O2S. The molecule has 0 N–H and O–H groups in total. The van der Waals surface area contributed by atoms with E-state index in [1.807, 2.05) is 11.3 Å². The van der Waals surface area contributed by atoms with E-state index in [9.17, 15) is 9.59 Å². The summed E-state index contributed by atoms with van der Waals surface area (Å²) in [6.07, 6.45) is 0. The number of carbonyl (C=O) groups excluding carboxylic acids is 2. The molecule has 0 saturated carbocycles. The Morgan fingerprint density at radius 1 is 1.21 bits per heavy atom. The first-order chi connectivity index (χ1) is 11.5. The molecule has 0 bridgehead atoms. The first-order valence-corrected chi connectivity index (χ1v) is 9.10. The number of hydrogen-bond acceptors (Lipinski definition) is 4. The third-order valence-corrected chi connectivity index (χ3v) is 6.23. The van der Waals surface area contributed by atoms with Gasteiger partial charge in [-0.25, -0.2) is 0 Å². The summed E-state index contributed by atoms with van der Waals surface area (Å²) < 4.78 is 1.31. The van der Waals surface area contributed by atoms with Crippen LogP contribution in [0.3, 0.4) is 0 Å². The maximum atomic E-state index is 12.4. The molecule has 0 radical (unpaired) electrons. The summed E-state index contributed by atoms with van der Waals surface area (Å²) in [7, 11) is 1.72. The van der Waals surface area contributed by atoms with Gasteiger partial charge in [-0.3, -0.25) is 14.5 Å². The highest BCUT2D eigenvalue weighted by molar-refractivity contribution is 7.19. The van der Waals surface area contributed by atoms with Crippen LogP contribution in [0.2, 0.25) is 0 Å². The standard InChI is InChI=1S/C18H21N3O2S/c1-12-14(13-5-3-4-6-16(13)24-12)9-20-7-8-21-15(10-20)18(23)19(2)11-17(21)22/h3-6,15H,7-11H2,1-2H3. The number of benzene rings is 1. The molecule has 3 heterocycles. The monoisotopic (exact) mass is 343 g/mol. The van der Waals surface area contributed by atoms with Gasteiger partial charge in [0, 0.05) is 42.8 Å². The fourth-order valence-electron chi connectivity index (χ4n) is 3.76. The van der Waals surface area contributed by atoms with E-state index in [4.69, 9.17) is 0 Å². The lowest BCUT2D eigenvalue weighted by molar-refractivity contribution is -0.158. The molecule has 4 rings (SSSR count). The number of carbonyl (C=O) groups is 2. The summed E-state index contributed by atoms with van der Waals surface area (Å²) >= 11 is 1.83. The molecule has 24 heavy (non-hydrogen) atoms. The van der Waals surface area contributed by atoms with Gasteiger partial charge in [-0.15, -0.1) is 11.3 Å². The van der Waals surface area contributed by atoms with Gasteiger partial charge in [-0.05, 0) is 23.9 Å². The zero-order valence-corrected chi connectivity index (χ0v) is 14.8. The zero-order chi connectivity index (χ0) is 16.8. The Hall–Kier alpha value is -1.92. The van der Waals surface area contributed by atoms with Crippen LogP contribution in [0, 0.1) is 6.92 Å². The van der Waals surface area contributed by atoms with Crippen molar-refractivity contribution in [2.45, 2.75) is 19.5 Å². The van der Waals surface area contributed by atoms with Crippen LogP contribution in [-0.4, -0.2) is 65.8 Å². The number of fused-ring (bicyclic) bond motifs is 2. The van der Waals surface area contributed by atoms with E-state index in [0.29, 0.717) is 13.1 Å². The van der Waals surface area contributed by atoms with Gasteiger partial charge in [0.2, 0.25) is 11.8 Å². The Morgan fingerprint density at radius 2 is 2.00 bits per heavy atom. The minimum absolute atomic E-state index is 0.0613. The highest BCUT2D eigenvalue weighted by atomic mass is 32.1. The van der Waals surface area contributed by atoms with Crippen molar-refractivity contribution in [2.75, 3.05) is 33.2 Å². The van der Waals surface area contributed by atoms with Crippen LogP contribution in [0.5, 0.6) is 0 Å². The second kappa shape index (κ2) is 5.86. The van der Waals surface area contributed by atoms with Crippen LogP contribution in [0.25, 0.3) is 10.1 Å². The van der Waals surface area contributed by atoms with E-state index in [1.165, 1.54) is 20.5 Å². The molecule has 1 aromatic heterocycles. The number of piperazine rings is 2. The number of likely N-dealkylation sites (N-methyl/N-ethyl adjacent to an activating group) is 1. The smallest absolute Gasteiger partial charge is 0.246 e. The minimum atomic E-state index is -0.324. The van der Waals surface area contributed by atoms with Crippen molar-refractivity contribution in [1.29, 1.82) is 0 Å². The number of amides is 2. The Kier molecular flexibility index (Phi) is 3.81. The van der Waals surface area contributed by atoms with E-state index in [-0.39, 0.29) is 24.4 Å². The second-order valence-corrected chi connectivity index (χ2v) is 7.92. The van der Waals surface area contributed by atoms with Crippen LogP contribution in [0.15, 0.2) is 24.3 Å². The molecule has 2 fully saturated rings. The Balaban J connectivity index is 1.57. The summed E-state index contributed by atoms with van der Waals surface area (Å²) in [4.78, 5) is 31.6. The van der Waals surface area contributed by atoms with Crippen LogP contribution in [-0.2, 0) is 16.1 Å². The van der Waals surface area contributed by atoms with E-state index in [0.717, 1.165) is 13.1 Å². The highest BCUT2D eigenvalue weighted by Gasteiger charge is 2.41. The van der Waals surface area contributed by atoms with Gasteiger partial charge in [0.05, 0.1) is 6.54 Å². The first kappa shape index (κ1) is 15.6. The van der Waals surface area contributed by atoms with E-state index < -0.39 is 0 Å². The quantitative estimate of drug-likeness (QED) is 0.834. The molecular weight excluding hydrogens is 322 g/mol. The molecule has 1 aromatic carbocycles. The summed E-state index contributed by atoms with van der Waals surface area (Å²) in [5.74, 6) is 0.130. The van der Waals surface area contributed by atoms with Crippen LogP contribution in [0.1, 0.15) is 10.4 Å². The van der Waals surface area contributed by atoms with E-state index in [1.54, 1.807) is 16.8 Å². The zero-order valence-electron chi connectivity index (χ0n) is 14.0. The van der Waals surface area contributed by atoms with Gasteiger partial charge in [0.1, 0.15) is 6.04 Å². The molecule has 0 aliphatic carbocycles. The van der Waals surface area contributed by atoms with Crippen molar-refractivity contribution in [3.05, 3.63) is 34.7 Å². The highest BCUT2D eigenvalue weighted by Crippen LogP contribution is 2.32. The first-order valence-electron chi connectivity index (χ1n) is 8.28. The molecule has 2 aromatic rings. The van der Waals surface area contributed by atoms with Gasteiger partial charge in [-0.1, -0.05) is 18.2 Å². The maximum absolute atomic E-state index is 12.4. The summed E-state index contributed by atoms with van der Waals surface area (Å²) in [6, 6.07) is 8.16.